The van der Waals surface area contributed by atoms with E-state index in [-0.39, 0.29) is 11.6 Å². The molecule has 0 bridgehead atoms. The van der Waals surface area contributed by atoms with Gasteiger partial charge in [-0.2, -0.15) is 10.1 Å². The average Bonchev–Trinajstić information content (AvgIpc) is 3.00. The lowest BCUT2D eigenvalue weighted by molar-refractivity contribution is 0.590. The maximum atomic E-state index is 12.9. The molecule has 0 aliphatic rings. The lowest BCUT2D eigenvalue weighted by atomic mass is 10.2. The summed E-state index contributed by atoms with van der Waals surface area (Å²) >= 11 is 0. The van der Waals surface area contributed by atoms with Crippen molar-refractivity contribution in [2.24, 2.45) is 0 Å². The Morgan fingerprint density at radius 1 is 1.30 bits per heavy atom. The third kappa shape index (κ3) is 2.58. The summed E-state index contributed by atoms with van der Waals surface area (Å²) in [6.07, 6.45) is 3.41. The van der Waals surface area contributed by atoms with Crippen molar-refractivity contribution < 1.29 is 0 Å². The molecular formula is C16H20N6O. The summed E-state index contributed by atoms with van der Waals surface area (Å²) in [4.78, 5) is 21.9. The standard InChI is InChI=1S/C16H20N6O/c1-5-17-16-19-11(4)12-9-13(21-8-6-7-18-21)15(23)22(10(2)3)14(12)20-16/h6-10H,5H2,1-4H3,(H,17,19,20). The molecule has 0 saturated heterocycles. The zero-order valence-corrected chi connectivity index (χ0v) is 13.7. The number of rotatable bonds is 4. The van der Waals surface area contributed by atoms with Crippen LogP contribution < -0.4 is 10.9 Å². The smallest absolute Gasteiger partial charge is 0.278 e. The second kappa shape index (κ2) is 5.83. The van der Waals surface area contributed by atoms with Crippen molar-refractivity contribution >= 4 is 17.0 Å². The molecule has 120 valence electrons. The Morgan fingerprint density at radius 3 is 2.70 bits per heavy atom. The lowest BCUT2D eigenvalue weighted by Crippen LogP contribution is -2.27. The van der Waals surface area contributed by atoms with Crippen molar-refractivity contribution in [3.8, 4) is 5.69 Å². The van der Waals surface area contributed by atoms with Crippen LogP contribution in [0.3, 0.4) is 0 Å². The highest BCUT2D eigenvalue weighted by molar-refractivity contribution is 5.81. The topological polar surface area (TPSA) is 77.6 Å². The third-order valence-corrected chi connectivity index (χ3v) is 3.67. The summed E-state index contributed by atoms with van der Waals surface area (Å²) in [6.45, 7) is 8.57. The van der Waals surface area contributed by atoms with Crippen molar-refractivity contribution in [3.63, 3.8) is 0 Å². The highest BCUT2D eigenvalue weighted by Gasteiger charge is 2.17. The number of nitrogens with one attached hydrogen (secondary N) is 1. The number of aromatic nitrogens is 5. The zero-order valence-electron chi connectivity index (χ0n) is 13.7. The van der Waals surface area contributed by atoms with E-state index in [1.807, 2.05) is 33.8 Å². The van der Waals surface area contributed by atoms with Gasteiger partial charge in [0.05, 0.1) is 5.69 Å². The molecular weight excluding hydrogens is 292 g/mol. The minimum atomic E-state index is -0.114. The van der Waals surface area contributed by atoms with Crippen LogP contribution >= 0.6 is 0 Å². The molecule has 3 aromatic rings. The van der Waals surface area contributed by atoms with Crippen molar-refractivity contribution in [3.05, 3.63) is 40.6 Å². The van der Waals surface area contributed by atoms with Crippen molar-refractivity contribution in [2.75, 3.05) is 11.9 Å². The van der Waals surface area contributed by atoms with Crippen LogP contribution in [-0.4, -0.2) is 30.9 Å². The first-order valence-electron chi connectivity index (χ1n) is 7.70. The van der Waals surface area contributed by atoms with Gasteiger partial charge in [0.15, 0.2) is 0 Å². The van der Waals surface area contributed by atoms with E-state index >= 15 is 0 Å². The first-order chi connectivity index (χ1) is 11.0. The molecule has 7 heteroatoms. The molecule has 7 nitrogen and oxygen atoms in total. The Hall–Kier alpha value is -2.70. The molecule has 3 heterocycles. The van der Waals surface area contributed by atoms with Crippen LogP contribution in [0.2, 0.25) is 0 Å². The summed E-state index contributed by atoms with van der Waals surface area (Å²) < 4.78 is 3.28. The molecule has 3 aromatic heterocycles. The molecule has 0 unspecified atom stereocenters. The number of hydrogen-bond acceptors (Lipinski definition) is 5. The fourth-order valence-corrected chi connectivity index (χ4v) is 2.63. The van der Waals surface area contributed by atoms with Crippen LogP contribution in [-0.2, 0) is 0 Å². The number of anilines is 1. The van der Waals surface area contributed by atoms with Gasteiger partial charge in [0.2, 0.25) is 5.95 Å². The SMILES string of the molecule is CCNc1nc(C)c2cc(-n3cccn3)c(=O)n(C(C)C)c2n1. The van der Waals surface area contributed by atoms with Gasteiger partial charge in [-0.25, -0.2) is 9.67 Å². The van der Waals surface area contributed by atoms with Gasteiger partial charge in [-0.3, -0.25) is 9.36 Å². The normalized spacial score (nSPS) is 11.3. The number of nitrogens with zero attached hydrogens (tertiary/aromatic N) is 5. The molecule has 0 aliphatic carbocycles. The van der Waals surface area contributed by atoms with Gasteiger partial charge in [0, 0.05) is 30.4 Å². The molecule has 0 spiro atoms. The van der Waals surface area contributed by atoms with Gasteiger partial charge in [0.25, 0.3) is 5.56 Å². The number of aryl methyl sites for hydroxylation is 1. The van der Waals surface area contributed by atoms with Crippen LogP contribution in [0, 0.1) is 6.92 Å². The van der Waals surface area contributed by atoms with Gasteiger partial charge >= 0.3 is 0 Å². The number of hydrogen-bond donors (Lipinski definition) is 1. The van der Waals surface area contributed by atoms with Crippen LogP contribution in [0.25, 0.3) is 16.7 Å². The van der Waals surface area contributed by atoms with Crippen LogP contribution in [0.1, 0.15) is 32.5 Å². The molecule has 0 aliphatic heterocycles. The summed E-state index contributed by atoms with van der Waals surface area (Å²) in [5, 5.41) is 8.15. The Balaban J connectivity index is 2.39. The molecule has 0 amide bonds. The largest absolute Gasteiger partial charge is 0.354 e. The maximum absolute atomic E-state index is 12.9. The number of pyridine rings is 1. The van der Waals surface area contributed by atoms with Gasteiger partial charge in [0.1, 0.15) is 11.3 Å². The van der Waals surface area contributed by atoms with Crippen LogP contribution in [0.15, 0.2) is 29.3 Å². The number of fused-ring (bicyclic) bond motifs is 1. The summed E-state index contributed by atoms with van der Waals surface area (Å²) in [6, 6.07) is 3.58. The van der Waals surface area contributed by atoms with Gasteiger partial charge < -0.3 is 5.32 Å². The van der Waals surface area contributed by atoms with Gasteiger partial charge in [-0.1, -0.05) is 0 Å². The zero-order chi connectivity index (χ0) is 16.6. The highest BCUT2D eigenvalue weighted by Crippen LogP contribution is 2.21. The molecule has 3 rings (SSSR count). The Bertz CT molecular complexity index is 895. The lowest BCUT2D eigenvalue weighted by Gasteiger charge is -2.17. The maximum Gasteiger partial charge on any atom is 0.278 e. The van der Waals surface area contributed by atoms with Crippen LogP contribution in [0.5, 0.6) is 0 Å². The van der Waals surface area contributed by atoms with E-state index < -0.39 is 0 Å². The Morgan fingerprint density at radius 2 is 2.09 bits per heavy atom. The highest BCUT2D eigenvalue weighted by atomic mass is 16.1. The predicted molar refractivity (Wildman–Crippen MR) is 90.2 cm³/mol. The minimum absolute atomic E-state index is 0.0238. The average molecular weight is 312 g/mol. The quantitative estimate of drug-likeness (QED) is 0.800. The summed E-state index contributed by atoms with van der Waals surface area (Å²) in [7, 11) is 0. The molecule has 0 fully saturated rings. The Labute approximate surface area is 134 Å². The van der Waals surface area contributed by atoms with E-state index in [1.165, 1.54) is 0 Å². The van der Waals surface area contributed by atoms with E-state index in [4.69, 9.17) is 0 Å². The molecule has 0 saturated carbocycles. The molecule has 1 N–H and O–H groups in total. The molecule has 0 atom stereocenters. The third-order valence-electron chi connectivity index (χ3n) is 3.67. The summed E-state index contributed by atoms with van der Waals surface area (Å²) in [5.41, 5.74) is 1.86. The second-order valence-electron chi connectivity index (χ2n) is 5.65. The van der Waals surface area contributed by atoms with Crippen LogP contribution in [0.4, 0.5) is 5.95 Å². The van der Waals surface area contributed by atoms with Gasteiger partial charge in [-0.05, 0) is 39.8 Å². The van der Waals surface area contributed by atoms with E-state index in [9.17, 15) is 4.79 Å². The van der Waals surface area contributed by atoms with Crippen molar-refractivity contribution in [1.82, 2.24) is 24.3 Å². The van der Waals surface area contributed by atoms with E-state index in [0.717, 1.165) is 17.6 Å². The van der Waals surface area contributed by atoms with E-state index in [1.54, 1.807) is 27.7 Å². The fraction of sp³-hybridized carbons (Fsp3) is 0.375. The fourth-order valence-electron chi connectivity index (χ4n) is 2.63. The monoisotopic (exact) mass is 312 g/mol. The first kappa shape index (κ1) is 15.2. The minimum Gasteiger partial charge on any atom is -0.354 e. The second-order valence-corrected chi connectivity index (χ2v) is 5.65. The van der Waals surface area contributed by atoms with Gasteiger partial charge in [-0.15, -0.1) is 0 Å². The molecule has 0 radical (unpaired) electrons. The van der Waals surface area contributed by atoms with Crippen molar-refractivity contribution in [1.29, 1.82) is 0 Å². The molecule has 23 heavy (non-hydrogen) atoms. The van der Waals surface area contributed by atoms with E-state index in [0.29, 0.717) is 17.3 Å². The Kier molecular flexibility index (Phi) is 3.85. The molecule has 0 aromatic carbocycles. The van der Waals surface area contributed by atoms with Crippen molar-refractivity contribution in [2.45, 2.75) is 33.7 Å². The predicted octanol–water partition coefficient (Wildman–Crippen LogP) is 2.30. The van der Waals surface area contributed by atoms with E-state index in [2.05, 4.69) is 20.4 Å². The first-order valence-corrected chi connectivity index (χ1v) is 7.70. The summed E-state index contributed by atoms with van der Waals surface area (Å²) in [5.74, 6) is 0.540.